The van der Waals surface area contributed by atoms with Gasteiger partial charge in [-0.25, -0.2) is 8.78 Å². The molecule has 0 amide bonds. The average molecular weight is 269 g/mol. The van der Waals surface area contributed by atoms with E-state index in [9.17, 15) is 13.9 Å². The van der Waals surface area contributed by atoms with Gasteiger partial charge in [-0.1, -0.05) is 18.2 Å². The van der Waals surface area contributed by atoms with Crippen molar-refractivity contribution >= 4 is 0 Å². The predicted molar refractivity (Wildman–Crippen MR) is 71.1 cm³/mol. The summed E-state index contributed by atoms with van der Waals surface area (Å²) >= 11 is 0. The molecule has 0 saturated heterocycles. The van der Waals surface area contributed by atoms with Crippen molar-refractivity contribution in [2.24, 2.45) is 5.92 Å². The fourth-order valence-electron chi connectivity index (χ4n) is 2.61. The summed E-state index contributed by atoms with van der Waals surface area (Å²) in [5.41, 5.74) is 0.980. The maximum absolute atomic E-state index is 12.6. The van der Waals surface area contributed by atoms with Gasteiger partial charge < -0.3 is 10.4 Å². The van der Waals surface area contributed by atoms with Crippen LogP contribution >= 0.6 is 0 Å². The first-order valence-corrected chi connectivity index (χ1v) is 6.91. The molecule has 2 nitrogen and oxygen atoms in total. The van der Waals surface area contributed by atoms with Gasteiger partial charge in [-0.05, 0) is 49.8 Å². The highest BCUT2D eigenvalue weighted by Crippen LogP contribution is 2.23. The second-order valence-electron chi connectivity index (χ2n) is 5.35. The molecule has 0 unspecified atom stereocenters. The summed E-state index contributed by atoms with van der Waals surface area (Å²) in [6.07, 6.45) is 1.33. The molecule has 19 heavy (non-hydrogen) atoms. The topological polar surface area (TPSA) is 32.3 Å². The fraction of sp³-hybridized carbons (Fsp3) is 0.600. The molecule has 1 saturated carbocycles. The lowest BCUT2D eigenvalue weighted by atomic mass is 9.87. The van der Waals surface area contributed by atoms with Crippen molar-refractivity contribution in [2.45, 2.75) is 44.8 Å². The molecule has 2 rings (SSSR count). The van der Waals surface area contributed by atoms with E-state index >= 15 is 0 Å². The van der Waals surface area contributed by atoms with Crippen LogP contribution in [0.1, 0.15) is 43.2 Å². The minimum Gasteiger partial charge on any atom is -0.393 e. The van der Waals surface area contributed by atoms with E-state index in [1.807, 2.05) is 6.07 Å². The molecule has 0 aromatic heterocycles. The first-order chi connectivity index (χ1) is 9.15. The zero-order chi connectivity index (χ0) is 13.7. The van der Waals surface area contributed by atoms with Gasteiger partial charge in [0.1, 0.15) is 0 Å². The quantitative estimate of drug-likeness (QED) is 0.860. The number of aliphatic hydroxyl groups is 1. The molecular weight excluding hydrogens is 248 g/mol. The van der Waals surface area contributed by atoms with Gasteiger partial charge in [-0.2, -0.15) is 0 Å². The lowest BCUT2D eigenvalue weighted by Gasteiger charge is -2.25. The Morgan fingerprint density at radius 3 is 2.63 bits per heavy atom. The molecule has 0 aliphatic heterocycles. The largest absolute Gasteiger partial charge is 0.393 e. The number of rotatable bonds is 5. The predicted octanol–water partition coefficient (Wildman–Crippen LogP) is 3.26. The van der Waals surface area contributed by atoms with Gasteiger partial charge in [0.2, 0.25) is 0 Å². The Labute approximate surface area is 112 Å². The Balaban J connectivity index is 1.75. The lowest BCUT2D eigenvalue weighted by molar-refractivity contribution is 0.108. The zero-order valence-electron chi connectivity index (χ0n) is 11.0. The van der Waals surface area contributed by atoms with E-state index in [2.05, 4.69) is 5.32 Å². The van der Waals surface area contributed by atoms with E-state index in [4.69, 9.17) is 0 Å². The SMILES string of the molecule is OC1CCC(CNCc2cccc(C(F)F)c2)CC1. The monoisotopic (exact) mass is 269 g/mol. The molecule has 4 heteroatoms. The van der Waals surface area contributed by atoms with Crippen LogP contribution in [0.5, 0.6) is 0 Å². The minimum atomic E-state index is -2.40. The highest BCUT2D eigenvalue weighted by molar-refractivity contribution is 5.24. The summed E-state index contributed by atoms with van der Waals surface area (Å²) in [6, 6.07) is 6.55. The van der Waals surface area contributed by atoms with E-state index < -0.39 is 6.43 Å². The molecule has 0 bridgehead atoms. The van der Waals surface area contributed by atoms with Gasteiger partial charge >= 0.3 is 0 Å². The second-order valence-corrected chi connectivity index (χ2v) is 5.35. The van der Waals surface area contributed by atoms with Crippen molar-refractivity contribution in [3.05, 3.63) is 35.4 Å². The lowest BCUT2D eigenvalue weighted by Crippen LogP contribution is -2.27. The first kappa shape index (κ1) is 14.4. The number of hydrogen-bond acceptors (Lipinski definition) is 2. The Hall–Kier alpha value is -1.00. The van der Waals surface area contributed by atoms with Gasteiger partial charge in [-0.15, -0.1) is 0 Å². The van der Waals surface area contributed by atoms with Crippen LogP contribution in [0.4, 0.5) is 8.78 Å². The van der Waals surface area contributed by atoms with Gasteiger partial charge in [-0.3, -0.25) is 0 Å². The number of aliphatic hydroxyl groups excluding tert-OH is 1. The molecule has 106 valence electrons. The van der Waals surface area contributed by atoms with Crippen LogP contribution in [0, 0.1) is 5.92 Å². The Morgan fingerprint density at radius 1 is 1.21 bits per heavy atom. The van der Waals surface area contributed by atoms with Crippen LogP contribution < -0.4 is 5.32 Å². The molecule has 0 heterocycles. The van der Waals surface area contributed by atoms with Crippen LogP contribution in [0.15, 0.2) is 24.3 Å². The molecule has 1 aromatic carbocycles. The highest BCUT2D eigenvalue weighted by Gasteiger charge is 2.18. The molecule has 1 aromatic rings. The van der Waals surface area contributed by atoms with Crippen LogP contribution in [0.25, 0.3) is 0 Å². The number of benzene rings is 1. The van der Waals surface area contributed by atoms with Gasteiger partial charge in [0.05, 0.1) is 6.10 Å². The van der Waals surface area contributed by atoms with E-state index in [-0.39, 0.29) is 11.7 Å². The zero-order valence-corrected chi connectivity index (χ0v) is 11.0. The summed E-state index contributed by atoms with van der Waals surface area (Å²) in [5.74, 6) is 0.599. The minimum absolute atomic E-state index is 0.0834. The third kappa shape index (κ3) is 4.55. The van der Waals surface area contributed by atoms with Crippen molar-refractivity contribution < 1.29 is 13.9 Å². The Morgan fingerprint density at radius 2 is 1.95 bits per heavy atom. The number of halogens is 2. The van der Waals surface area contributed by atoms with Crippen LogP contribution in [-0.4, -0.2) is 17.8 Å². The number of hydrogen-bond donors (Lipinski definition) is 2. The van der Waals surface area contributed by atoms with Gasteiger partial charge in [0, 0.05) is 12.1 Å². The Bertz CT molecular complexity index is 389. The molecule has 1 aliphatic carbocycles. The molecule has 1 aliphatic rings. The Kier molecular flexibility index (Phi) is 5.28. The third-order valence-corrected chi connectivity index (χ3v) is 3.78. The smallest absolute Gasteiger partial charge is 0.263 e. The molecule has 1 fully saturated rings. The maximum atomic E-state index is 12.6. The second kappa shape index (κ2) is 6.96. The van der Waals surface area contributed by atoms with Crippen molar-refractivity contribution in [2.75, 3.05) is 6.54 Å². The molecule has 2 N–H and O–H groups in total. The molecule has 0 spiro atoms. The first-order valence-electron chi connectivity index (χ1n) is 6.91. The van der Waals surface area contributed by atoms with E-state index in [1.165, 1.54) is 6.07 Å². The highest BCUT2D eigenvalue weighted by atomic mass is 19.3. The summed E-state index contributed by atoms with van der Waals surface area (Å²) < 4.78 is 25.1. The van der Waals surface area contributed by atoms with Gasteiger partial charge in [0.25, 0.3) is 6.43 Å². The van der Waals surface area contributed by atoms with Crippen LogP contribution in [0.2, 0.25) is 0 Å². The van der Waals surface area contributed by atoms with Crippen LogP contribution in [-0.2, 0) is 6.54 Å². The third-order valence-electron chi connectivity index (χ3n) is 3.78. The summed E-state index contributed by atoms with van der Waals surface area (Å²) in [5, 5.41) is 12.7. The average Bonchev–Trinajstić information content (AvgIpc) is 2.41. The van der Waals surface area contributed by atoms with Crippen molar-refractivity contribution in [1.29, 1.82) is 0 Å². The normalized spacial score (nSPS) is 23.8. The van der Waals surface area contributed by atoms with E-state index in [1.54, 1.807) is 12.1 Å². The van der Waals surface area contributed by atoms with E-state index in [0.717, 1.165) is 37.8 Å². The van der Waals surface area contributed by atoms with Gasteiger partial charge in [0.15, 0.2) is 0 Å². The summed E-state index contributed by atoms with van der Waals surface area (Å²) in [6.45, 7) is 1.52. The fourth-order valence-corrected chi connectivity index (χ4v) is 2.61. The van der Waals surface area contributed by atoms with Crippen molar-refractivity contribution in [1.82, 2.24) is 5.32 Å². The number of alkyl halides is 2. The van der Waals surface area contributed by atoms with Crippen molar-refractivity contribution in [3.8, 4) is 0 Å². The molecular formula is C15H21F2NO. The van der Waals surface area contributed by atoms with E-state index in [0.29, 0.717) is 12.5 Å². The number of nitrogens with one attached hydrogen (secondary N) is 1. The molecule has 0 atom stereocenters. The summed E-state index contributed by atoms with van der Waals surface area (Å²) in [4.78, 5) is 0. The van der Waals surface area contributed by atoms with Crippen LogP contribution in [0.3, 0.4) is 0 Å². The summed E-state index contributed by atoms with van der Waals surface area (Å²) in [7, 11) is 0. The maximum Gasteiger partial charge on any atom is 0.263 e. The standard InChI is InChI=1S/C15H21F2NO/c16-15(17)13-3-1-2-12(8-13)10-18-9-11-4-6-14(19)7-5-11/h1-3,8,11,14-15,18-19H,4-7,9-10H2. The van der Waals surface area contributed by atoms with Crippen molar-refractivity contribution in [3.63, 3.8) is 0 Å². The molecule has 0 radical (unpaired) electrons.